The number of likely N-dealkylation sites (tertiary alicyclic amines) is 1. The third-order valence-corrected chi connectivity index (χ3v) is 15.1. The van der Waals surface area contributed by atoms with Crippen molar-refractivity contribution in [1.82, 2.24) is 25.2 Å². The molecule has 1 aromatic heterocycles. The lowest BCUT2D eigenvalue weighted by Crippen LogP contribution is -2.70. The predicted molar refractivity (Wildman–Crippen MR) is 226 cm³/mol. The molecule has 5 atom stereocenters. The number of hydrogen-bond acceptors (Lipinski definition) is 10. The normalized spacial score (nSPS) is 23.5. The summed E-state index contributed by atoms with van der Waals surface area (Å²) < 4.78 is 45.7. The van der Waals surface area contributed by atoms with E-state index in [2.05, 4.69) is 28.9 Å². The number of carbonyl (C=O) groups is 4. The number of aromatic nitrogens is 1. The van der Waals surface area contributed by atoms with Gasteiger partial charge in [0.05, 0.1) is 36.1 Å². The molecule has 322 valence electrons. The number of para-hydroxylation sites is 1. The number of nitrogens with one attached hydrogen (secondary N) is 3. The van der Waals surface area contributed by atoms with Crippen molar-refractivity contribution in [3.05, 3.63) is 77.9 Å². The molecular weight excluding hydrogens is 787 g/mol. The molecular formula is C45H57N5O9S. The Balaban J connectivity index is 1.24. The lowest BCUT2D eigenvalue weighted by atomic mass is 9.66. The maximum absolute atomic E-state index is 15.0. The van der Waals surface area contributed by atoms with Gasteiger partial charge < -0.3 is 29.7 Å². The van der Waals surface area contributed by atoms with E-state index in [0.717, 1.165) is 41.3 Å². The number of sulfonamides is 1. The highest BCUT2D eigenvalue weighted by molar-refractivity contribution is 7.91. The predicted octanol–water partition coefficient (Wildman–Crippen LogP) is 5.30. The van der Waals surface area contributed by atoms with E-state index in [1.165, 1.54) is 12.0 Å². The van der Waals surface area contributed by atoms with Gasteiger partial charge >= 0.3 is 6.09 Å². The average molecular weight is 844 g/mol. The van der Waals surface area contributed by atoms with Crippen molar-refractivity contribution in [1.29, 1.82) is 0 Å². The van der Waals surface area contributed by atoms with Gasteiger partial charge in [0, 0.05) is 17.7 Å². The van der Waals surface area contributed by atoms with Crippen molar-refractivity contribution >= 4 is 44.7 Å². The van der Waals surface area contributed by atoms with Crippen LogP contribution in [-0.2, 0) is 48.4 Å². The highest BCUT2D eigenvalue weighted by atomic mass is 32.2. The summed E-state index contributed by atoms with van der Waals surface area (Å²) in [6.45, 7) is 9.90. The van der Waals surface area contributed by atoms with Crippen LogP contribution in [-0.4, -0.2) is 90.9 Å². The number of amides is 4. The Morgan fingerprint density at radius 1 is 1.02 bits per heavy atom. The zero-order chi connectivity index (χ0) is 42.8. The van der Waals surface area contributed by atoms with E-state index in [1.54, 1.807) is 13.0 Å². The van der Waals surface area contributed by atoms with E-state index in [9.17, 15) is 22.8 Å². The molecule has 0 bridgehead atoms. The second-order valence-corrected chi connectivity index (χ2v) is 19.1. The summed E-state index contributed by atoms with van der Waals surface area (Å²) in [5.74, 6) is -1.87. The van der Waals surface area contributed by atoms with Crippen LogP contribution in [0.4, 0.5) is 4.79 Å². The molecule has 2 heterocycles. The largest absolute Gasteiger partial charge is 0.493 e. The summed E-state index contributed by atoms with van der Waals surface area (Å²) in [5, 5.41) is 6.55. The molecule has 3 N–H and O–H groups in total. The quantitative estimate of drug-likeness (QED) is 0.119. The van der Waals surface area contributed by atoms with Gasteiger partial charge in [0.1, 0.15) is 29.5 Å². The third-order valence-electron chi connectivity index (χ3n) is 13.0. The topological polar surface area (TPSA) is 182 Å². The van der Waals surface area contributed by atoms with E-state index >= 15 is 4.79 Å². The molecule has 2 aromatic carbocycles. The van der Waals surface area contributed by atoms with Crippen LogP contribution in [0, 0.1) is 11.8 Å². The molecule has 2 saturated carbocycles. The van der Waals surface area contributed by atoms with Crippen LogP contribution in [0.3, 0.4) is 0 Å². The maximum Gasteiger partial charge on any atom is 0.407 e. The molecule has 0 radical (unpaired) electrons. The number of unbranched alkanes of at least 4 members (excludes halogenated alkanes) is 2. The molecule has 4 amide bonds. The van der Waals surface area contributed by atoms with Crippen LogP contribution in [0.5, 0.6) is 11.6 Å². The number of methoxy groups -OCH3 is 1. The SMILES string of the molecule is C=CC1CCC1(NC(=O)C1CC(Oc2nc3ccccc3c(OCC)c2CCCCC)CN1C(=O)C(NC(=O)OC)C1Cc2ccccc2C1)C(=O)NS(=O)(=O)C1(C)CC1. The van der Waals surface area contributed by atoms with Crippen molar-refractivity contribution in [2.45, 2.75) is 120 Å². The van der Waals surface area contributed by atoms with Crippen molar-refractivity contribution in [2.75, 3.05) is 20.3 Å². The Kier molecular flexibility index (Phi) is 12.5. The zero-order valence-corrected chi connectivity index (χ0v) is 35.8. The lowest BCUT2D eigenvalue weighted by Gasteiger charge is -2.47. The van der Waals surface area contributed by atoms with Crippen molar-refractivity contribution < 1.29 is 41.8 Å². The summed E-state index contributed by atoms with van der Waals surface area (Å²) in [5.41, 5.74) is 1.99. The summed E-state index contributed by atoms with van der Waals surface area (Å²) in [7, 11) is -2.81. The van der Waals surface area contributed by atoms with E-state index in [0.29, 0.717) is 62.3 Å². The minimum Gasteiger partial charge on any atom is -0.493 e. The number of hydrogen-bond donors (Lipinski definition) is 3. The summed E-state index contributed by atoms with van der Waals surface area (Å²) in [6, 6.07) is 13.3. The highest BCUT2D eigenvalue weighted by Gasteiger charge is 2.58. The third kappa shape index (κ3) is 8.29. The fourth-order valence-electron chi connectivity index (χ4n) is 8.98. The first-order chi connectivity index (χ1) is 28.8. The first kappa shape index (κ1) is 42.9. The van der Waals surface area contributed by atoms with Crippen LogP contribution >= 0.6 is 0 Å². The Morgan fingerprint density at radius 2 is 1.72 bits per heavy atom. The van der Waals surface area contributed by atoms with E-state index in [4.69, 9.17) is 19.2 Å². The molecule has 1 aliphatic heterocycles. The van der Waals surface area contributed by atoms with Crippen molar-refractivity contribution in [3.8, 4) is 11.6 Å². The number of benzene rings is 2. The lowest BCUT2D eigenvalue weighted by molar-refractivity contribution is -0.145. The van der Waals surface area contributed by atoms with E-state index in [-0.39, 0.29) is 25.3 Å². The molecule has 15 heteroatoms. The van der Waals surface area contributed by atoms with Crippen LogP contribution in [0.1, 0.15) is 88.8 Å². The first-order valence-corrected chi connectivity index (χ1v) is 22.7. The number of rotatable bonds is 17. The van der Waals surface area contributed by atoms with Crippen LogP contribution in [0.2, 0.25) is 0 Å². The molecule has 7 rings (SSSR count). The minimum absolute atomic E-state index is 0.0209. The van der Waals surface area contributed by atoms with Crippen LogP contribution in [0.25, 0.3) is 10.9 Å². The summed E-state index contributed by atoms with van der Waals surface area (Å²) in [4.78, 5) is 63.1. The Morgan fingerprint density at radius 3 is 2.33 bits per heavy atom. The Labute approximate surface area is 352 Å². The fraction of sp³-hybridized carbons (Fsp3) is 0.533. The minimum atomic E-state index is -4.03. The van der Waals surface area contributed by atoms with Crippen molar-refractivity contribution in [3.63, 3.8) is 0 Å². The van der Waals surface area contributed by atoms with E-state index in [1.807, 2.05) is 55.5 Å². The number of nitrogens with zero attached hydrogens (tertiary/aromatic N) is 2. The van der Waals surface area contributed by atoms with Gasteiger partial charge in [-0.15, -0.1) is 6.58 Å². The van der Waals surface area contributed by atoms with Gasteiger partial charge in [0.2, 0.25) is 27.7 Å². The second-order valence-electron chi connectivity index (χ2n) is 16.9. The number of ether oxygens (including phenoxy) is 3. The first-order valence-electron chi connectivity index (χ1n) is 21.2. The van der Waals surface area contributed by atoms with Gasteiger partial charge in [-0.05, 0) is 94.4 Å². The van der Waals surface area contributed by atoms with Gasteiger partial charge in [-0.25, -0.2) is 18.2 Å². The number of alkyl carbamates (subject to hydrolysis) is 1. The molecule has 3 aliphatic carbocycles. The van der Waals surface area contributed by atoms with Gasteiger partial charge in [-0.1, -0.05) is 62.2 Å². The van der Waals surface area contributed by atoms with Crippen LogP contribution < -0.4 is 24.8 Å². The molecule has 14 nitrogen and oxygen atoms in total. The standard InChI is InChI=1S/C45H57N5O9S/c1-6-9-10-18-34-38(58-8-3)33-17-13-14-19-35(33)46-40(34)59-32-26-36(39(51)48-45(21-20-31(45)7-2)42(53)49-60(55,56)44(4)22-23-44)50(27-32)41(52)37(47-43(54)57-5)30-24-28-15-11-12-16-29(28)25-30/h7,11-17,19,30-32,36-37H,2,6,8-10,18,20-27H2,1,3-5H3,(H,47,54)(H,48,51)(H,49,53). The molecule has 0 spiro atoms. The zero-order valence-electron chi connectivity index (χ0n) is 35.0. The maximum atomic E-state index is 15.0. The smallest absolute Gasteiger partial charge is 0.407 e. The Bertz CT molecular complexity index is 2240. The second kappa shape index (κ2) is 17.4. The molecule has 1 saturated heterocycles. The molecule has 4 aliphatic rings. The van der Waals surface area contributed by atoms with E-state index < -0.39 is 68.2 Å². The van der Waals surface area contributed by atoms with Gasteiger partial charge in [0.15, 0.2) is 0 Å². The monoisotopic (exact) mass is 843 g/mol. The molecule has 5 unspecified atom stereocenters. The van der Waals surface area contributed by atoms with Crippen LogP contribution in [0.15, 0.2) is 61.2 Å². The number of carbonyl (C=O) groups excluding carboxylic acids is 4. The number of pyridine rings is 1. The van der Waals surface area contributed by atoms with Gasteiger partial charge in [-0.2, -0.15) is 0 Å². The van der Waals surface area contributed by atoms with Crippen molar-refractivity contribution in [2.24, 2.45) is 11.8 Å². The summed E-state index contributed by atoms with van der Waals surface area (Å²) in [6.07, 6.45) is 6.06. The van der Waals surface area contributed by atoms with Gasteiger partial charge in [0.25, 0.3) is 5.91 Å². The molecule has 3 aromatic rings. The fourth-order valence-corrected chi connectivity index (χ4v) is 10.3. The average Bonchev–Trinajstić information content (AvgIpc) is 3.64. The highest BCUT2D eigenvalue weighted by Crippen LogP contribution is 2.45. The summed E-state index contributed by atoms with van der Waals surface area (Å²) >= 11 is 0. The molecule has 3 fully saturated rings. The Hall–Kier alpha value is -5.18. The van der Waals surface area contributed by atoms with Gasteiger partial charge in [-0.3, -0.25) is 19.1 Å². The number of fused-ring (bicyclic) bond motifs is 2. The molecule has 60 heavy (non-hydrogen) atoms.